The van der Waals surface area contributed by atoms with Gasteiger partial charge in [0.2, 0.25) is 5.91 Å². The number of hydrogen-bond donors (Lipinski definition) is 1. The molecule has 0 spiro atoms. The molecular formula is C13H15ClN2O3S. The van der Waals surface area contributed by atoms with Gasteiger partial charge in [0.1, 0.15) is 5.75 Å². The van der Waals surface area contributed by atoms with Crippen LogP contribution >= 0.6 is 11.6 Å². The van der Waals surface area contributed by atoms with Crippen molar-refractivity contribution in [3.05, 3.63) is 28.8 Å². The number of carbonyl (C=O) groups excluding carboxylic acids is 1. The molecule has 0 aliphatic heterocycles. The van der Waals surface area contributed by atoms with E-state index in [0.717, 1.165) is 0 Å². The second-order valence-electron chi connectivity index (χ2n) is 4.31. The van der Waals surface area contributed by atoms with Gasteiger partial charge in [0.05, 0.1) is 11.8 Å². The minimum absolute atomic E-state index is 0.161. The van der Waals surface area contributed by atoms with E-state index >= 15 is 0 Å². The van der Waals surface area contributed by atoms with E-state index in [1.807, 2.05) is 6.07 Å². The van der Waals surface area contributed by atoms with E-state index in [1.165, 1.54) is 0 Å². The van der Waals surface area contributed by atoms with Crippen LogP contribution in [0, 0.1) is 18.3 Å². The Morgan fingerprint density at radius 2 is 2.15 bits per heavy atom. The molecule has 0 bridgehead atoms. The Balaban J connectivity index is 2.64. The van der Waals surface area contributed by atoms with Crippen LogP contribution in [0.25, 0.3) is 0 Å². The van der Waals surface area contributed by atoms with E-state index in [1.54, 1.807) is 25.1 Å². The molecule has 1 aromatic rings. The molecule has 1 aromatic carbocycles. The van der Waals surface area contributed by atoms with Crippen molar-refractivity contribution in [1.82, 2.24) is 0 Å². The van der Waals surface area contributed by atoms with Crippen molar-refractivity contribution in [1.29, 1.82) is 5.26 Å². The number of hydrogen-bond acceptors (Lipinski definition) is 4. The fourth-order valence-electron chi connectivity index (χ4n) is 1.57. The molecule has 0 radical (unpaired) electrons. The van der Waals surface area contributed by atoms with Crippen molar-refractivity contribution in [2.75, 3.05) is 16.8 Å². The molecule has 7 heteroatoms. The van der Waals surface area contributed by atoms with Gasteiger partial charge in [-0.2, -0.15) is 5.26 Å². The minimum Gasteiger partial charge on any atom is -0.325 e. The Bertz CT molecular complexity index is 636. The highest BCUT2D eigenvalue weighted by Crippen LogP contribution is 2.22. The third-order valence-corrected chi connectivity index (χ3v) is 4.66. The molecule has 0 atom stereocenters. The predicted molar refractivity (Wildman–Crippen MR) is 78.3 cm³/mol. The SMILES string of the molecule is Cc1c(Cl)cccc1NC(=O)CS(=O)(=O)CCCC#N. The topological polar surface area (TPSA) is 87.0 Å². The standard InChI is InChI=1S/C13H15ClN2O3S/c1-10-11(14)5-4-6-12(10)16-13(17)9-20(18,19)8-3-2-7-15/h4-6H,2-3,8-9H2,1H3,(H,16,17). The Morgan fingerprint density at radius 1 is 1.45 bits per heavy atom. The lowest BCUT2D eigenvalue weighted by molar-refractivity contribution is -0.113. The molecule has 5 nitrogen and oxygen atoms in total. The summed E-state index contributed by atoms with van der Waals surface area (Å²) in [5.41, 5.74) is 1.18. The summed E-state index contributed by atoms with van der Waals surface area (Å²) in [6, 6.07) is 6.88. The van der Waals surface area contributed by atoms with Crippen molar-refractivity contribution >= 4 is 33.0 Å². The van der Waals surface area contributed by atoms with Crippen LogP contribution in [0.5, 0.6) is 0 Å². The van der Waals surface area contributed by atoms with Gasteiger partial charge < -0.3 is 5.32 Å². The molecular weight excluding hydrogens is 300 g/mol. The number of carbonyl (C=O) groups is 1. The molecule has 0 heterocycles. The number of nitrogens with one attached hydrogen (secondary N) is 1. The van der Waals surface area contributed by atoms with E-state index in [0.29, 0.717) is 16.3 Å². The molecule has 1 rings (SSSR count). The first-order valence-electron chi connectivity index (χ1n) is 5.98. The van der Waals surface area contributed by atoms with E-state index in [9.17, 15) is 13.2 Å². The predicted octanol–water partition coefficient (Wildman–Crippen LogP) is 2.31. The summed E-state index contributed by atoms with van der Waals surface area (Å²) < 4.78 is 23.3. The summed E-state index contributed by atoms with van der Waals surface area (Å²) in [5.74, 6) is -1.36. The van der Waals surface area contributed by atoms with Crippen LogP contribution in [-0.4, -0.2) is 25.8 Å². The Morgan fingerprint density at radius 3 is 2.80 bits per heavy atom. The Labute approximate surface area is 123 Å². The van der Waals surface area contributed by atoms with E-state index in [2.05, 4.69) is 5.32 Å². The quantitative estimate of drug-likeness (QED) is 0.816. The normalized spacial score (nSPS) is 10.8. The van der Waals surface area contributed by atoms with Gasteiger partial charge in [-0.1, -0.05) is 17.7 Å². The molecule has 0 saturated heterocycles. The number of amides is 1. The average Bonchev–Trinajstić information content (AvgIpc) is 2.34. The molecule has 0 aliphatic rings. The first-order valence-corrected chi connectivity index (χ1v) is 8.18. The van der Waals surface area contributed by atoms with Crippen molar-refractivity contribution in [2.24, 2.45) is 0 Å². The van der Waals surface area contributed by atoms with E-state index in [-0.39, 0.29) is 18.6 Å². The second kappa shape index (κ2) is 7.27. The molecule has 0 aromatic heterocycles. The third-order valence-electron chi connectivity index (χ3n) is 2.64. The van der Waals surface area contributed by atoms with Gasteiger partial charge in [-0.15, -0.1) is 0 Å². The number of unbranched alkanes of at least 4 members (excludes halogenated alkanes) is 1. The smallest absolute Gasteiger partial charge is 0.239 e. The number of benzene rings is 1. The minimum atomic E-state index is -3.49. The number of rotatable bonds is 6. The Kier molecular flexibility index (Phi) is 5.99. The van der Waals surface area contributed by atoms with Crippen molar-refractivity contribution in [2.45, 2.75) is 19.8 Å². The van der Waals surface area contributed by atoms with Crippen molar-refractivity contribution < 1.29 is 13.2 Å². The van der Waals surface area contributed by atoms with Crippen LogP contribution in [0.2, 0.25) is 5.02 Å². The van der Waals surface area contributed by atoms with Crippen molar-refractivity contribution in [3.63, 3.8) is 0 Å². The van der Waals surface area contributed by atoms with Crippen LogP contribution in [0.15, 0.2) is 18.2 Å². The number of anilines is 1. The lowest BCUT2D eigenvalue weighted by atomic mass is 10.2. The summed E-state index contributed by atoms with van der Waals surface area (Å²) >= 11 is 5.91. The van der Waals surface area contributed by atoms with Crippen LogP contribution < -0.4 is 5.32 Å². The Hall–Kier alpha value is -1.58. The zero-order chi connectivity index (χ0) is 15.2. The largest absolute Gasteiger partial charge is 0.325 e. The van der Waals surface area contributed by atoms with Gasteiger partial charge >= 0.3 is 0 Å². The maximum absolute atomic E-state index is 11.7. The highest BCUT2D eigenvalue weighted by atomic mass is 35.5. The highest BCUT2D eigenvalue weighted by molar-refractivity contribution is 7.92. The van der Waals surface area contributed by atoms with Gasteiger partial charge in [-0.05, 0) is 31.0 Å². The van der Waals surface area contributed by atoms with Crippen molar-refractivity contribution in [3.8, 4) is 6.07 Å². The molecule has 0 saturated carbocycles. The monoisotopic (exact) mass is 314 g/mol. The van der Waals surface area contributed by atoms with Crippen LogP contribution in [0.1, 0.15) is 18.4 Å². The van der Waals surface area contributed by atoms with Gasteiger partial charge in [-0.3, -0.25) is 4.79 Å². The molecule has 1 N–H and O–H groups in total. The summed E-state index contributed by atoms with van der Waals surface area (Å²) in [6.45, 7) is 1.74. The van der Waals surface area contributed by atoms with Gasteiger partial charge in [-0.25, -0.2) is 8.42 Å². The van der Waals surface area contributed by atoms with Gasteiger partial charge in [0.25, 0.3) is 0 Å². The molecule has 108 valence electrons. The number of nitriles is 1. The lowest BCUT2D eigenvalue weighted by Crippen LogP contribution is -2.25. The van der Waals surface area contributed by atoms with E-state index < -0.39 is 21.5 Å². The third kappa shape index (κ3) is 5.19. The summed E-state index contributed by atoms with van der Waals surface area (Å²) in [7, 11) is -3.49. The first kappa shape index (κ1) is 16.5. The van der Waals surface area contributed by atoms with Crippen LogP contribution in [-0.2, 0) is 14.6 Å². The lowest BCUT2D eigenvalue weighted by Gasteiger charge is -2.09. The molecule has 0 unspecified atom stereocenters. The second-order valence-corrected chi connectivity index (χ2v) is 6.91. The fraction of sp³-hybridized carbons (Fsp3) is 0.385. The molecule has 0 aliphatic carbocycles. The summed E-state index contributed by atoms with van der Waals surface area (Å²) in [4.78, 5) is 11.7. The van der Waals surface area contributed by atoms with Crippen LogP contribution in [0.3, 0.4) is 0 Å². The van der Waals surface area contributed by atoms with Crippen LogP contribution in [0.4, 0.5) is 5.69 Å². The van der Waals surface area contributed by atoms with E-state index in [4.69, 9.17) is 16.9 Å². The highest BCUT2D eigenvalue weighted by Gasteiger charge is 2.17. The number of halogens is 1. The zero-order valence-electron chi connectivity index (χ0n) is 11.0. The maximum atomic E-state index is 11.7. The zero-order valence-corrected chi connectivity index (χ0v) is 12.6. The fourth-order valence-corrected chi connectivity index (χ4v) is 2.95. The summed E-state index contributed by atoms with van der Waals surface area (Å²) in [6.07, 6.45) is 0.399. The molecule has 20 heavy (non-hydrogen) atoms. The molecule has 0 fully saturated rings. The first-order chi connectivity index (χ1) is 9.35. The average molecular weight is 315 g/mol. The molecule has 1 amide bonds. The summed E-state index contributed by atoms with van der Waals surface area (Å²) in [5, 5.41) is 11.4. The van der Waals surface area contributed by atoms with Gasteiger partial charge in [0, 0.05) is 17.1 Å². The maximum Gasteiger partial charge on any atom is 0.239 e. The number of sulfone groups is 1. The van der Waals surface area contributed by atoms with Gasteiger partial charge in [0.15, 0.2) is 9.84 Å². The number of nitrogens with zero attached hydrogens (tertiary/aromatic N) is 1.